The van der Waals surface area contributed by atoms with Gasteiger partial charge in [-0.05, 0) is 31.9 Å². The van der Waals surface area contributed by atoms with Crippen molar-refractivity contribution in [1.82, 2.24) is 9.88 Å². The second kappa shape index (κ2) is 12.0. The maximum atomic E-state index is 11.3. The minimum absolute atomic E-state index is 0. The Balaban J connectivity index is 0.00000264. The third kappa shape index (κ3) is 6.95. The van der Waals surface area contributed by atoms with Gasteiger partial charge in [-0.25, -0.2) is 0 Å². The fraction of sp³-hybridized carbons (Fsp3) is 0.389. The monoisotopic (exact) mass is 372 g/mol. The van der Waals surface area contributed by atoms with Crippen molar-refractivity contribution < 1.29 is 5.11 Å². The Kier molecular flexibility index (Phi) is 11.2. The number of aromatic hydroxyl groups is 1. The Morgan fingerprint density at radius 1 is 1.04 bits per heavy atom. The number of halogens is 2. The Labute approximate surface area is 155 Å². The van der Waals surface area contributed by atoms with E-state index in [1.165, 1.54) is 11.6 Å². The van der Waals surface area contributed by atoms with Crippen molar-refractivity contribution in [2.24, 2.45) is 0 Å². The van der Waals surface area contributed by atoms with Gasteiger partial charge in [-0.2, -0.15) is 0 Å². The third-order valence-electron chi connectivity index (χ3n) is 3.84. The van der Waals surface area contributed by atoms with Crippen molar-refractivity contribution in [3.8, 4) is 5.75 Å². The van der Waals surface area contributed by atoms with E-state index in [0.717, 1.165) is 38.9 Å². The van der Waals surface area contributed by atoms with E-state index >= 15 is 0 Å². The zero-order valence-electron chi connectivity index (χ0n) is 13.9. The number of benzene rings is 1. The van der Waals surface area contributed by atoms with Crippen LogP contribution in [0.1, 0.15) is 30.5 Å². The first kappa shape index (κ1) is 22.5. The summed E-state index contributed by atoms with van der Waals surface area (Å²) in [4.78, 5) is 11.3. The number of aromatic nitrogens is 1. The highest BCUT2D eigenvalue weighted by Gasteiger charge is 2.04. The van der Waals surface area contributed by atoms with Gasteiger partial charge in [0.05, 0.1) is 5.69 Å². The quantitative estimate of drug-likeness (QED) is 0.695. The number of nitrogens with zero attached hydrogens (tertiary/aromatic N) is 1. The summed E-state index contributed by atoms with van der Waals surface area (Å²) in [5, 5.41) is 13.1. The van der Waals surface area contributed by atoms with Gasteiger partial charge >= 0.3 is 0 Å². The van der Waals surface area contributed by atoms with Gasteiger partial charge in [0, 0.05) is 25.4 Å². The first-order chi connectivity index (χ1) is 10.7. The summed E-state index contributed by atoms with van der Waals surface area (Å²) in [5.41, 5.74) is 1.65. The SMILES string of the molecule is Cc1c(O)c(=O)ccn1CCCCCNCc1ccccc1.Cl.Cl. The summed E-state index contributed by atoms with van der Waals surface area (Å²) < 4.78 is 1.94. The van der Waals surface area contributed by atoms with Gasteiger partial charge in [0.1, 0.15) is 0 Å². The van der Waals surface area contributed by atoms with Crippen LogP contribution in [-0.4, -0.2) is 16.2 Å². The summed E-state index contributed by atoms with van der Waals surface area (Å²) in [6, 6.07) is 11.8. The van der Waals surface area contributed by atoms with E-state index < -0.39 is 0 Å². The van der Waals surface area contributed by atoms with Crippen LogP contribution >= 0.6 is 24.8 Å². The van der Waals surface area contributed by atoms with Crippen molar-refractivity contribution in [3.63, 3.8) is 0 Å². The van der Waals surface area contributed by atoms with Gasteiger partial charge in [0.25, 0.3) is 0 Å². The lowest BCUT2D eigenvalue weighted by Gasteiger charge is -2.11. The molecule has 2 rings (SSSR count). The molecule has 0 amide bonds. The molecule has 1 aromatic carbocycles. The molecule has 0 atom stereocenters. The number of hydrogen-bond donors (Lipinski definition) is 2. The molecule has 2 N–H and O–H groups in total. The highest BCUT2D eigenvalue weighted by Crippen LogP contribution is 2.10. The molecule has 0 aliphatic carbocycles. The predicted molar refractivity (Wildman–Crippen MR) is 104 cm³/mol. The van der Waals surface area contributed by atoms with Gasteiger partial charge in [0.15, 0.2) is 5.75 Å². The molecule has 0 saturated carbocycles. The van der Waals surface area contributed by atoms with E-state index in [0.29, 0.717) is 5.69 Å². The number of aryl methyl sites for hydroxylation is 1. The van der Waals surface area contributed by atoms with Gasteiger partial charge in [0.2, 0.25) is 5.43 Å². The van der Waals surface area contributed by atoms with E-state index in [1.54, 1.807) is 13.1 Å². The molecule has 0 fully saturated rings. The average molecular weight is 373 g/mol. The van der Waals surface area contributed by atoms with Crippen molar-refractivity contribution in [3.05, 3.63) is 64.1 Å². The fourth-order valence-corrected chi connectivity index (χ4v) is 2.44. The maximum absolute atomic E-state index is 11.3. The summed E-state index contributed by atoms with van der Waals surface area (Å²) >= 11 is 0. The Bertz CT molecular complexity index is 645. The molecule has 0 bridgehead atoms. The van der Waals surface area contributed by atoms with E-state index in [-0.39, 0.29) is 36.0 Å². The lowest BCUT2D eigenvalue weighted by Crippen LogP contribution is -2.15. The molecule has 0 spiro atoms. The van der Waals surface area contributed by atoms with Crippen LogP contribution in [0, 0.1) is 6.92 Å². The van der Waals surface area contributed by atoms with Crippen LogP contribution in [0.15, 0.2) is 47.4 Å². The van der Waals surface area contributed by atoms with Crippen LogP contribution < -0.4 is 10.7 Å². The zero-order chi connectivity index (χ0) is 15.8. The van der Waals surface area contributed by atoms with E-state index in [2.05, 4.69) is 29.6 Å². The van der Waals surface area contributed by atoms with Crippen LogP contribution in [0.25, 0.3) is 0 Å². The smallest absolute Gasteiger partial charge is 0.223 e. The highest BCUT2D eigenvalue weighted by atomic mass is 35.5. The minimum Gasteiger partial charge on any atom is -0.503 e. The van der Waals surface area contributed by atoms with Gasteiger partial charge in [-0.3, -0.25) is 4.79 Å². The van der Waals surface area contributed by atoms with Crippen molar-refractivity contribution >= 4 is 24.8 Å². The fourth-order valence-electron chi connectivity index (χ4n) is 2.44. The normalized spacial score (nSPS) is 9.88. The molecule has 4 nitrogen and oxygen atoms in total. The molecule has 0 aliphatic heterocycles. The van der Waals surface area contributed by atoms with Crippen LogP contribution in [0.2, 0.25) is 0 Å². The minimum atomic E-state index is -0.307. The van der Waals surface area contributed by atoms with Crippen LogP contribution in [0.3, 0.4) is 0 Å². The number of pyridine rings is 1. The zero-order valence-corrected chi connectivity index (χ0v) is 15.5. The molecule has 134 valence electrons. The molecule has 0 unspecified atom stereocenters. The van der Waals surface area contributed by atoms with Crippen LogP contribution in [0.4, 0.5) is 0 Å². The Morgan fingerprint density at radius 2 is 1.75 bits per heavy atom. The van der Waals surface area contributed by atoms with E-state index in [1.807, 2.05) is 10.6 Å². The molecule has 24 heavy (non-hydrogen) atoms. The topological polar surface area (TPSA) is 54.3 Å². The summed E-state index contributed by atoms with van der Waals surface area (Å²) in [5.74, 6) is -0.132. The summed E-state index contributed by atoms with van der Waals surface area (Å²) in [6.45, 7) is 4.52. The second-order valence-electron chi connectivity index (χ2n) is 5.53. The molecule has 1 heterocycles. The molecule has 2 aromatic rings. The molecule has 0 radical (unpaired) electrons. The lowest BCUT2D eigenvalue weighted by atomic mass is 10.2. The molecule has 1 aromatic heterocycles. The van der Waals surface area contributed by atoms with Crippen LogP contribution in [-0.2, 0) is 13.1 Å². The van der Waals surface area contributed by atoms with Gasteiger partial charge in [-0.15, -0.1) is 24.8 Å². The van der Waals surface area contributed by atoms with E-state index in [9.17, 15) is 9.90 Å². The summed E-state index contributed by atoms with van der Waals surface area (Å²) in [7, 11) is 0. The standard InChI is InChI=1S/C18H24N2O2.2ClH/c1-15-18(22)17(21)10-13-20(15)12-7-3-6-11-19-14-16-8-4-2-5-9-16;;/h2,4-5,8-10,13,19,22H,3,6-7,11-12,14H2,1H3;2*1H. The second-order valence-corrected chi connectivity index (χ2v) is 5.53. The largest absolute Gasteiger partial charge is 0.503 e. The third-order valence-corrected chi connectivity index (χ3v) is 3.84. The Morgan fingerprint density at radius 3 is 2.46 bits per heavy atom. The molecular weight excluding hydrogens is 347 g/mol. The van der Waals surface area contributed by atoms with Crippen molar-refractivity contribution in [1.29, 1.82) is 0 Å². The highest BCUT2D eigenvalue weighted by molar-refractivity contribution is 5.85. The number of nitrogens with one attached hydrogen (secondary N) is 1. The first-order valence-electron chi connectivity index (χ1n) is 7.82. The molecule has 6 heteroatoms. The summed E-state index contributed by atoms with van der Waals surface area (Å²) in [6.07, 6.45) is 5.04. The van der Waals surface area contributed by atoms with Crippen molar-refractivity contribution in [2.45, 2.75) is 39.3 Å². The van der Waals surface area contributed by atoms with Crippen LogP contribution in [0.5, 0.6) is 5.75 Å². The maximum Gasteiger partial charge on any atom is 0.223 e. The Hall–Kier alpha value is -1.49. The molecule has 0 aliphatic rings. The molecule has 0 saturated heterocycles. The molecular formula is C18H26Cl2N2O2. The first-order valence-corrected chi connectivity index (χ1v) is 7.82. The number of unbranched alkanes of at least 4 members (excludes halogenated alkanes) is 2. The number of rotatable bonds is 8. The van der Waals surface area contributed by atoms with Crippen molar-refractivity contribution in [2.75, 3.05) is 6.54 Å². The lowest BCUT2D eigenvalue weighted by molar-refractivity contribution is 0.449. The van der Waals surface area contributed by atoms with E-state index in [4.69, 9.17) is 0 Å². The predicted octanol–water partition coefficient (Wildman–Crippen LogP) is 3.67. The van der Waals surface area contributed by atoms with Gasteiger partial charge < -0.3 is 15.0 Å². The van der Waals surface area contributed by atoms with Gasteiger partial charge in [-0.1, -0.05) is 36.8 Å². The number of hydrogen-bond acceptors (Lipinski definition) is 3. The average Bonchev–Trinajstić information content (AvgIpc) is 2.54.